The molecule has 2 aromatic rings. The van der Waals surface area contributed by atoms with E-state index in [1.807, 2.05) is 0 Å². The lowest BCUT2D eigenvalue weighted by atomic mass is 10.0. The van der Waals surface area contributed by atoms with Crippen molar-refractivity contribution in [3.05, 3.63) is 63.7 Å². The van der Waals surface area contributed by atoms with Crippen LogP contribution in [0, 0.1) is 10.1 Å². The van der Waals surface area contributed by atoms with Crippen molar-refractivity contribution in [1.82, 2.24) is 10.6 Å². The topological polar surface area (TPSA) is 223 Å². The Morgan fingerprint density at radius 3 is 2.26 bits per heavy atom. The molecule has 3 atom stereocenters. The van der Waals surface area contributed by atoms with Gasteiger partial charge in [0.25, 0.3) is 0 Å². The molecule has 0 fully saturated rings. The van der Waals surface area contributed by atoms with Crippen LogP contribution in [0.5, 0.6) is 11.5 Å². The SMILES string of the molecule is NC(=O)C[C@@H]1NC(=O)[C@@H](N)Cc2ccc([N+](=O)[O-])c(c2)Oc2ccc(cc2)C[C@@H](C(N)=O)NC1=O. The number of rotatable bonds is 4. The first kappa shape index (κ1) is 25.1. The summed E-state index contributed by atoms with van der Waals surface area (Å²) in [4.78, 5) is 59.8. The Bertz CT molecular complexity index is 1170. The number of amides is 4. The van der Waals surface area contributed by atoms with Gasteiger partial charge in [-0.05, 0) is 35.7 Å². The molecule has 2 aliphatic rings. The number of nitrogens with two attached hydrogens (primary N) is 3. The quantitative estimate of drug-likeness (QED) is 0.271. The minimum Gasteiger partial charge on any atom is -0.450 e. The Morgan fingerprint density at radius 2 is 1.66 bits per heavy atom. The third-order valence-corrected chi connectivity index (χ3v) is 5.30. The van der Waals surface area contributed by atoms with Gasteiger partial charge in [-0.3, -0.25) is 29.3 Å². The number of primary amides is 2. The van der Waals surface area contributed by atoms with Crippen molar-refractivity contribution in [2.75, 3.05) is 0 Å². The highest BCUT2D eigenvalue weighted by molar-refractivity contribution is 5.95. The molecule has 35 heavy (non-hydrogen) atoms. The molecule has 2 heterocycles. The fourth-order valence-electron chi connectivity index (χ4n) is 3.51. The highest BCUT2D eigenvalue weighted by Crippen LogP contribution is 2.33. The zero-order chi connectivity index (χ0) is 25.7. The molecule has 0 spiro atoms. The number of benzene rings is 2. The number of nitro benzene ring substituents is 1. The Morgan fingerprint density at radius 1 is 1.00 bits per heavy atom. The van der Waals surface area contributed by atoms with Crippen LogP contribution in [-0.2, 0) is 32.0 Å². The largest absolute Gasteiger partial charge is 0.450 e. The van der Waals surface area contributed by atoms with Gasteiger partial charge in [-0.1, -0.05) is 18.2 Å². The number of nitrogens with one attached hydrogen (secondary N) is 2. The third kappa shape index (κ3) is 6.51. The van der Waals surface area contributed by atoms with E-state index in [4.69, 9.17) is 21.9 Å². The summed E-state index contributed by atoms with van der Waals surface area (Å²) < 4.78 is 5.71. The molecule has 0 unspecified atom stereocenters. The highest BCUT2D eigenvalue weighted by atomic mass is 16.6. The van der Waals surface area contributed by atoms with E-state index in [-0.39, 0.29) is 30.0 Å². The van der Waals surface area contributed by atoms with Crippen LogP contribution in [0.3, 0.4) is 0 Å². The van der Waals surface area contributed by atoms with E-state index < -0.39 is 53.1 Å². The molecule has 2 aromatic carbocycles. The normalized spacial score (nSPS) is 20.7. The lowest BCUT2D eigenvalue weighted by Gasteiger charge is -2.22. The van der Waals surface area contributed by atoms with Crippen molar-refractivity contribution in [2.24, 2.45) is 17.2 Å². The van der Waals surface area contributed by atoms with E-state index in [0.29, 0.717) is 11.1 Å². The zero-order valence-electron chi connectivity index (χ0n) is 18.4. The number of hydrogen-bond donors (Lipinski definition) is 5. The molecule has 0 saturated heterocycles. The maximum Gasteiger partial charge on any atom is 0.311 e. The smallest absolute Gasteiger partial charge is 0.311 e. The first-order chi connectivity index (χ1) is 16.5. The summed E-state index contributed by atoms with van der Waals surface area (Å²) in [5.41, 5.74) is 17.4. The summed E-state index contributed by atoms with van der Waals surface area (Å²) in [7, 11) is 0. The Kier molecular flexibility index (Phi) is 7.61. The van der Waals surface area contributed by atoms with Crippen LogP contribution >= 0.6 is 0 Å². The summed E-state index contributed by atoms with van der Waals surface area (Å²) in [6.45, 7) is 0. The molecule has 13 heteroatoms. The number of nitro groups is 1. The van der Waals surface area contributed by atoms with Gasteiger partial charge in [0.1, 0.15) is 17.8 Å². The average Bonchev–Trinajstić information content (AvgIpc) is 2.78. The number of hydrogen-bond acceptors (Lipinski definition) is 8. The van der Waals surface area contributed by atoms with Gasteiger partial charge in [0.2, 0.25) is 29.4 Å². The molecule has 4 rings (SSSR count). The van der Waals surface area contributed by atoms with E-state index in [9.17, 15) is 29.3 Å². The molecular weight excluding hydrogens is 460 g/mol. The van der Waals surface area contributed by atoms with Gasteiger partial charge < -0.3 is 32.6 Å². The summed E-state index contributed by atoms with van der Waals surface area (Å²) in [6, 6.07) is 6.59. The molecule has 4 bridgehead atoms. The first-order valence-corrected chi connectivity index (χ1v) is 10.5. The Hall–Kier alpha value is -4.52. The minimum absolute atomic E-state index is 0.00621. The number of carbonyl (C=O) groups is 4. The molecule has 184 valence electrons. The standard InChI is InChI=1S/C22H24N6O7/c23-14-7-12-3-6-17(28(33)34)18(9-12)35-13-4-1-11(2-5-13)8-15(20(25)30)26-22(32)16(10-19(24)29)27-21(14)31/h1-6,9,14-16H,7-8,10,23H2,(H2,24,29)(H2,25,30)(H,26,32)(H,27,31)/t14-,15-,16-/m0/s1. The van der Waals surface area contributed by atoms with Crippen molar-refractivity contribution in [2.45, 2.75) is 37.4 Å². The zero-order valence-corrected chi connectivity index (χ0v) is 18.4. The lowest BCUT2D eigenvalue weighted by Crippen LogP contribution is -2.56. The van der Waals surface area contributed by atoms with Crippen molar-refractivity contribution >= 4 is 29.3 Å². The molecule has 4 amide bonds. The van der Waals surface area contributed by atoms with Gasteiger partial charge in [-0.2, -0.15) is 0 Å². The maximum absolute atomic E-state index is 12.8. The van der Waals surface area contributed by atoms with Crippen LogP contribution in [0.4, 0.5) is 5.69 Å². The molecular formula is C22H24N6O7. The van der Waals surface area contributed by atoms with E-state index in [1.165, 1.54) is 30.3 Å². The molecule has 8 N–H and O–H groups in total. The molecule has 0 aromatic heterocycles. The number of nitrogens with zero attached hydrogens (tertiary/aromatic N) is 1. The second kappa shape index (κ2) is 10.6. The van der Waals surface area contributed by atoms with E-state index >= 15 is 0 Å². The van der Waals surface area contributed by atoms with Crippen molar-refractivity contribution < 1.29 is 28.8 Å². The van der Waals surface area contributed by atoms with Gasteiger partial charge in [-0.15, -0.1) is 0 Å². The fraction of sp³-hybridized carbons (Fsp3) is 0.273. The first-order valence-electron chi connectivity index (χ1n) is 10.5. The van der Waals surface area contributed by atoms with Gasteiger partial charge in [-0.25, -0.2) is 0 Å². The van der Waals surface area contributed by atoms with Crippen LogP contribution < -0.4 is 32.6 Å². The molecule has 2 aliphatic heterocycles. The third-order valence-electron chi connectivity index (χ3n) is 5.30. The van der Waals surface area contributed by atoms with Crippen molar-refractivity contribution in [1.29, 1.82) is 0 Å². The van der Waals surface area contributed by atoms with E-state index in [2.05, 4.69) is 10.6 Å². The second-order valence-electron chi connectivity index (χ2n) is 8.02. The van der Waals surface area contributed by atoms with Crippen molar-refractivity contribution in [3.8, 4) is 11.5 Å². The predicted octanol–water partition coefficient (Wildman–Crippen LogP) is -0.857. The van der Waals surface area contributed by atoms with Crippen LogP contribution in [0.2, 0.25) is 0 Å². The average molecular weight is 484 g/mol. The molecule has 13 nitrogen and oxygen atoms in total. The summed E-state index contributed by atoms with van der Waals surface area (Å²) in [5, 5.41) is 16.3. The van der Waals surface area contributed by atoms with Gasteiger partial charge in [0, 0.05) is 12.5 Å². The second-order valence-corrected chi connectivity index (χ2v) is 8.02. The maximum atomic E-state index is 12.8. The van der Waals surface area contributed by atoms with Gasteiger partial charge in [0.05, 0.1) is 17.4 Å². The Labute approximate surface area is 199 Å². The minimum atomic E-state index is -1.40. The summed E-state index contributed by atoms with van der Waals surface area (Å²) in [5.74, 6) is -3.11. The van der Waals surface area contributed by atoms with Crippen LogP contribution in [0.15, 0.2) is 42.5 Å². The monoisotopic (exact) mass is 484 g/mol. The number of fused-ring (bicyclic) bond motifs is 10. The van der Waals surface area contributed by atoms with Crippen LogP contribution in [-0.4, -0.2) is 46.7 Å². The highest BCUT2D eigenvalue weighted by Gasteiger charge is 2.29. The van der Waals surface area contributed by atoms with Crippen molar-refractivity contribution in [3.63, 3.8) is 0 Å². The summed E-state index contributed by atoms with van der Waals surface area (Å²) in [6.07, 6.45) is -0.609. The predicted molar refractivity (Wildman–Crippen MR) is 122 cm³/mol. The van der Waals surface area contributed by atoms with Gasteiger partial charge in [0.15, 0.2) is 0 Å². The molecule has 0 aliphatic carbocycles. The van der Waals surface area contributed by atoms with E-state index in [0.717, 1.165) is 0 Å². The number of carbonyl (C=O) groups excluding carboxylic acids is 4. The fourth-order valence-corrected chi connectivity index (χ4v) is 3.51. The molecule has 0 radical (unpaired) electrons. The van der Waals surface area contributed by atoms with E-state index in [1.54, 1.807) is 12.1 Å². The van der Waals surface area contributed by atoms with Crippen LogP contribution in [0.1, 0.15) is 17.5 Å². The van der Waals surface area contributed by atoms with Crippen LogP contribution in [0.25, 0.3) is 0 Å². The molecule has 0 saturated carbocycles. The Balaban J connectivity index is 2.03. The lowest BCUT2D eigenvalue weighted by molar-refractivity contribution is -0.385. The van der Waals surface area contributed by atoms with Gasteiger partial charge >= 0.3 is 5.69 Å². The number of ether oxygens (including phenoxy) is 1. The summed E-state index contributed by atoms with van der Waals surface area (Å²) >= 11 is 0.